The molecular formula is C27H30N2O3. The second-order valence-electron chi connectivity index (χ2n) is 8.06. The Morgan fingerprint density at radius 3 is 2.19 bits per heavy atom. The van der Waals surface area contributed by atoms with Crippen LogP contribution in [0, 0.1) is 0 Å². The number of benzene rings is 3. The van der Waals surface area contributed by atoms with Crippen molar-refractivity contribution < 1.29 is 14.3 Å². The molecule has 0 unspecified atom stereocenters. The SMILES string of the molecule is COc1ccc(CN2CCC(N(C(=O)c3ccccc3)c3ccccc3)CC2)c(OC)c1. The van der Waals surface area contributed by atoms with Gasteiger partial charge in [-0.1, -0.05) is 42.5 Å². The van der Waals surface area contributed by atoms with Crippen LogP contribution in [0.15, 0.2) is 78.9 Å². The highest BCUT2D eigenvalue weighted by atomic mass is 16.5. The third-order valence-corrected chi connectivity index (χ3v) is 6.08. The van der Waals surface area contributed by atoms with Gasteiger partial charge in [0.15, 0.2) is 0 Å². The van der Waals surface area contributed by atoms with Crippen LogP contribution in [0.3, 0.4) is 0 Å². The summed E-state index contributed by atoms with van der Waals surface area (Å²) >= 11 is 0. The molecule has 5 nitrogen and oxygen atoms in total. The summed E-state index contributed by atoms with van der Waals surface area (Å²) in [6.45, 7) is 2.66. The van der Waals surface area contributed by atoms with Gasteiger partial charge in [-0.25, -0.2) is 0 Å². The maximum Gasteiger partial charge on any atom is 0.258 e. The predicted molar refractivity (Wildman–Crippen MR) is 128 cm³/mol. The Labute approximate surface area is 190 Å². The Morgan fingerprint density at radius 1 is 0.906 bits per heavy atom. The number of carbonyl (C=O) groups excluding carboxylic acids is 1. The van der Waals surface area contributed by atoms with Crippen molar-refractivity contribution in [3.8, 4) is 11.5 Å². The lowest BCUT2D eigenvalue weighted by Gasteiger charge is -2.38. The first-order chi connectivity index (χ1) is 15.7. The molecule has 3 aromatic carbocycles. The number of methoxy groups -OCH3 is 2. The Balaban J connectivity index is 1.48. The molecule has 32 heavy (non-hydrogen) atoms. The van der Waals surface area contributed by atoms with Crippen LogP contribution in [0.5, 0.6) is 11.5 Å². The van der Waals surface area contributed by atoms with Gasteiger partial charge in [0.2, 0.25) is 0 Å². The van der Waals surface area contributed by atoms with Crippen LogP contribution in [0.2, 0.25) is 0 Å². The van der Waals surface area contributed by atoms with Crippen molar-refractivity contribution in [2.75, 3.05) is 32.2 Å². The highest BCUT2D eigenvalue weighted by molar-refractivity contribution is 6.06. The van der Waals surface area contributed by atoms with E-state index in [-0.39, 0.29) is 11.9 Å². The number of ether oxygens (including phenoxy) is 2. The Hall–Kier alpha value is -3.31. The van der Waals surface area contributed by atoms with Gasteiger partial charge in [-0.3, -0.25) is 9.69 Å². The van der Waals surface area contributed by atoms with Crippen LogP contribution in [-0.2, 0) is 6.54 Å². The Kier molecular flexibility index (Phi) is 7.07. The normalized spacial score (nSPS) is 14.7. The van der Waals surface area contributed by atoms with Crippen molar-refractivity contribution in [2.45, 2.75) is 25.4 Å². The first-order valence-corrected chi connectivity index (χ1v) is 11.1. The maximum atomic E-state index is 13.4. The fourth-order valence-electron chi connectivity index (χ4n) is 4.36. The zero-order valence-electron chi connectivity index (χ0n) is 18.7. The van der Waals surface area contributed by atoms with Crippen molar-refractivity contribution in [2.24, 2.45) is 0 Å². The zero-order valence-corrected chi connectivity index (χ0v) is 18.7. The lowest BCUT2D eigenvalue weighted by Crippen LogP contribution is -2.47. The van der Waals surface area contributed by atoms with E-state index < -0.39 is 0 Å². The summed E-state index contributed by atoms with van der Waals surface area (Å²) in [4.78, 5) is 17.9. The topological polar surface area (TPSA) is 42.0 Å². The molecule has 1 aliphatic heterocycles. The van der Waals surface area contributed by atoms with Crippen molar-refractivity contribution in [3.05, 3.63) is 90.0 Å². The molecule has 4 rings (SSSR count). The number of para-hydroxylation sites is 1. The van der Waals surface area contributed by atoms with Crippen LogP contribution in [0.4, 0.5) is 5.69 Å². The number of nitrogens with zero attached hydrogens (tertiary/aromatic N) is 2. The van der Waals surface area contributed by atoms with Gasteiger partial charge in [-0.05, 0) is 43.2 Å². The van der Waals surface area contributed by atoms with Crippen LogP contribution >= 0.6 is 0 Å². The van der Waals surface area contributed by atoms with Crippen LogP contribution in [0.1, 0.15) is 28.8 Å². The molecule has 166 valence electrons. The quantitative estimate of drug-likeness (QED) is 0.528. The van der Waals surface area contributed by atoms with Crippen molar-refractivity contribution >= 4 is 11.6 Å². The molecule has 0 spiro atoms. The zero-order chi connectivity index (χ0) is 22.3. The van der Waals surface area contributed by atoms with Gasteiger partial charge in [0.05, 0.1) is 14.2 Å². The van der Waals surface area contributed by atoms with Gasteiger partial charge in [0, 0.05) is 48.6 Å². The molecule has 0 atom stereocenters. The Bertz CT molecular complexity index is 1020. The standard InChI is InChI=1S/C27H30N2O3/c1-31-25-14-13-22(26(19-25)32-2)20-28-17-15-24(16-18-28)29(23-11-7-4-8-12-23)27(30)21-9-5-3-6-10-21/h3-14,19,24H,15-18,20H2,1-2H3. The summed E-state index contributed by atoms with van der Waals surface area (Å²) in [7, 11) is 3.35. The minimum atomic E-state index is 0.0621. The summed E-state index contributed by atoms with van der Waals surface area (Å²) in [6, 6.07) is 25.7. The second-order valence-corrected chi connectivity index (χ2v) is 8.06. The molecule has 1 saturated heterocycles. The number of amides is 1. The van der Waals surface area contributed by atoms with Crippen LogP contribution in [0.25, 0.3) is 0 Å². The number of likely N-dealkylation sites (tertiary alicyclic amines) is 1. The molecule has 0 aliphatic carbocycles. The minimum Gasteiger partial charge on any atom is -0.497 e. The number of carbonyl (C=O) groups is 1. The predicted octanol–water partition coefficient (Wildman–Crippen LogP) is 5.02. The molecule has 1 aliphatic rings. The largest absolute Gasteiger partial charge is 0.497 e. The van der Waals surface area contributed by atoms with E-state index in [9.17, 15) is 4.79 Å². The van der Waals surface area contributed by atoms with Crippen LogP contribution < -0.4 is 14.4 Å². The molecule has 0 bridgehead atoms. The third kappa shape index (κ3) is 4.94. The van der Waals surface area contributed by atoms with E-state index in [2.05, 4.69) is 11.0 Å². The lowest BCUT2D eigenvalue weighted by molar-refractivity contribution is 0.0958. The number of hydrogen-bond donors (Lipinski definition) is 0. The molecule has 3 aromatic rings. The lowest BCUT2D eigenvalue weighted by atomic mass is 10.00. The number of hydrogen-bond acceptors (Lipinski definition) is 4. The fourth-order valence-corrected chi connectivity index (χ4v) is 4.36. The van der Waals surface area contributed by atoms with E-state index in [1.807, 2.05) is 77.7 Å². The monoisotopic (exact) mass is 430 g/mol. The average molecular weight is 431 g/mol. The number of anilines is 1. The molecule has 0 saturated carbocycles. The van der Waals surface area contributed by atoms with E-state index in [1.54, 1.807) is 14.2 Å². The summed E-state index contributed by atoms with van der Waals surface area (Å²) in [5.41, 5.74) is 2.82. The van der Waals surface area contributed by atoms with E-state index in [0.717, 1.165) is 60.8 Å². The molecule has 5 heteroatoms. The number of piperidine rings is 1. The smallest absolute Gasteiger partial charge is 0.258 e. The molecule has 0 radical (unpaired) electrons. The van der Waals surface area contributed by atoms with Crippen molar-refractivity contribution in [1.82, 2.24) is 4.90 Å². The average Bonchev–Trinajstić information content (AvgIpc) is 2.86. The molecule has 0 aromatic heterocycles. The van der Waals surface area contributed by atoms with Crippen LogP contribution in [-0.4, -0.2) is 44.2 Å². The second kappa shape index (κ2) is 10.3. The van der Waals surface area contributed by atoms with Gasteiger partial charge >= 0.3 is 0 Å². The van der Waals surface area contributed by atoms with E-state index in [0.29, 0.717) is 0 Å². The third-order valence-electron chi connectivity index (χ3n) is 6.08. The van der Waals surface area contributed by atoms with Gasteiger partial charge in [-0.2, -0.15) is 0 Å². The van der Waals surface area contributed by atoms with Crippen molar-refractivity contribution in [1.29, 1.82) is 0 Å². The molecule has 1 heterocycles. The van der Waals surface area contributed by atoms with Crippen molar-refractivity contribution in [3.63, 3.8) is 0 Å². The summed E-state index contributed by atoms with van der Waals surface area (Å²) < 4.78 is 10.9. The molecule has 1 fully saturated rings. The van der Waals surface area contributed by atoms with Gasteiger partial charge in [0.25, 0.3) is 5.91 Å². The summed E-state index contributed by atoms with van der Waals surface area (Å²) in [6.07, 6.45) is 1.85. The van der Waals surface area contributed by atoms with Gasteiger partial charge in [-0.15, -0.1) is 0 Å². The first kappa shape index (κ1) is 21.9. The van der Waals surface area contributed by atoms with Gasteiger partial charge < -0.3 is 14.4 Å². The maximum absolute atomic E-state index is 13.4. The minimum absolute atomic E-state index is 0.0621. The molecule has 1 amide bonds. The number of rotatable bonds is 7. The first-order valence-electron chi connectivity index (χ1n) is 11.1. The van der Waals surface area contributed by atoms with E-state index in [1.165, 1.54) is 0 Å². The highest BCUT2D eigenvalue weighted by Crippen LogP contribution is 2.29. The molecule has 0 N–H and O–H groups in total. The highest BCUT2D eigenvalue weighted by Gasteiger charge is 2.30. The van der Waals surface area contributed by atoms with E-state index >= 15 is 0 Å². The van der Waals surface area contributed by atoms with E-state index in [4.69, 9.17) is 9.47 Å². The van der Waals surface area contributed by atoms with Gasteiger partial charge in [0.1, 0.15) is 11.5 Å². The Morgan fingerprint density at radius 2 is 1.56 bits per heavy atom. The molecular weight excluding hydrogens is 400 g/mol. The fraction of sp³-hybridized carbons (Fsp3) is 0.296. The summed E-state index contributed by atoms with van der Waals surface area (Å²) in [5.74, 6) is 1.70. The summed E-state index contributed by atoms with van der Waals surface area (Å²) in [5, 5.41) is 0.